The van der Waals surface area contributed by atoms with Gasteiger partial charge in [0.2, 0.25) is 0 Å². The molecule has 0 unspecified atom stereocenters. The molecular formula is C10H18O2. The number of rotatable bonds is 6. The SMILES string of the molecule is C=CCCC(CC)(CC)C(=O)O. The monoisotopic (exact) mass is 170 g/mol. The average Bonchev–Trinajstić information content (AvgIpc) is 2.07. The van der Waals surface area contributed by atoms with Gasteiger partial charge >= 0.3 is 5.97 Å². The van der Waals surface area contributed by atoms with Gasteiger partial charge in [0, 0.05) is 0 Å². The minimum Gasteiger partial charge on any atom is -0.481 e. The minimum absolute atomic E-state index is 0.520. The maximum absolute atomic E-state index is 11.0. The number of hydrogen-bond donors (Lipinski definition) is 1. The molecule has 0 saturated carbocycles. The predicted octanol–water partition coefficient (Wildman–Crippen LogP) is 2.84. The summed E-state index contributed by atoms with van der Waals surface area (Å²) >= 11 is 0. The molecule has 0 rings (SSSR count). The molecule has 0 aliphatic rings. The first-order valence-corrected chi connectivity index (χ1v) is 4.47. The van der Waals surface area contributed by atoms with E-state index in [0.29, 0.717) is 19.3 Å². The maximum Gasteiger partial charge on any atom is 0.309 e. The van der Waals surface area contributed by atoms with E-state index < -0.39 is 11.4 Å². The van der Waals surface area contributed by atoms with Gasteiger partial charge in [-0.05, 0) is 25.7 Å². The van der Waals surface area contributed by atoms with Crippen LogP contribution in [0.5, 0.6) is 0 Å². The Balaban J connectivity index is 4.34. The van der Waals surface area contributed by atoms with Crippen molar-refractivity contribution < 1.29 is 9.90 Å². The smallest absolute Gasteiger partial charge is 0.309 e. The molecule has 70 valence electrons. The van der Waals surface area contributed by atoms with Gasteiger partial charge < -0.3 is 5.11 Å². The zero-order valence-corrected chi connectivity index (χ0v) is 7.97. The van der Waals surface area contributed by atoms with E-state index >= 15 is 0 Å². The lowest BCUT2D eigenvalue weighted by Crippen LogP contribution is -2.29. The van der Waals surface area contributed by atoms with Crippen LogP contribution in [0, 0.1) is 5.41 Å². The molecule has 0 aromatic heterocycles. The van der Waals surface area contributed by atoms with Crippen molar-refractivity contribution in [3.8, 4) is 0 Å². The molecule has 0 aliphatic heterocycles. The lowest BCUT2D eigenvalue weighted by atomic mass is 9.78. The van der Waals surface area contributed by atoms with Gasteiger partial charge in [-0.1, -0.05) is 19.9 Å². The maximum atomic E-state index is 11.0. The van der Waals surface area contributed by atoms with Gasteiger partial charge in [-0.15, -0.1) is 6.58 Å². The first-order chi connectivity index (χ1) is 5.63. The predicted molar refractivity (Wildman–Crippen MR) is 50.1 cm³/mol. The number of carboxylic acids is 1. The molecule has 0 radical (unpaired) electrons. The van der Waals surface area contributed by atoms with Gasteiger partial charge in [0.05, 0.1) is 5.41 Å². The van der Waals surface area contributed by atoms with Crippen LogP contribution < -0.4 is 0 Å². The normalized spacial score (nSPS) is 11.2. The second kappa shape index (κ2) is 4.96. The standard InChI is InChI=1S/C10H18O2/c1-4-7-8-10(5-2,6-3)9(11)12/h4H,1,5-8H2,2-3H3,(H,11,12). The summed E-state index contributed by atoms with van der Waals surface area (Å²) < 4.78 is 0. The van der Waals surface area contributed by atoms with Crippen molar-refractivity contribution in [2.75, 3.05) is 0 Å². The Morgan fingerprint density at radius 1 is 1.50 bits per heavy atom. The fraction of sp³-hybridized carbons (Fsp3) is 0.700. The van der Waals surface area contributed by atoms with E-state index in [2.05, 4.69) is 6.58 Å². The Morgan fingerprint density at radius 2 is 2.00 bits per heavy atom. The topological polar surface area (TPSA) is 37.3 Å². The van der Waals surface area contributed by atoms with Crippen molar-refractivity contribution in [2.24, 2.45) is 5.41 Å². The number of carbonyl (C=O) groups is 1. The van der Waals surface area contributed by atoms with Crippen LogP contribution in [0.1, 0.15) is 39.5 Å². The summed E-state index contributed by atoms with van der Waals surface area (Å²) in [7, 11) is 0. The molecule has 0 aliphatic carbocycles. The fourth-order valence-electron chi connectivity index (χ4n) is 1.39. The average molecular weight is 170 g/mol. The minimum atomic E-state index is -0.672. The Kier molecular flexibility index (Phi) is 4.64. The van der Waals surface area contributed by atoms with Crippen LogP contribution in [0.2, 0.25) is 0 Å². The summed E-state index contributed by atoms with van der Waals surface area (Å²) in [4.78, 5) is 11.0. The fourth-order valence-corrected chi connectivity index (χ4v) is 1.39. The highest BCUT2D eigenvalue weighted by Gasteiger charge is 2.33. The van der Waals surface area contributed by atoms with E-state index in [-0.39, 0.29) is 0 Å². The van der Waals surface area contributed by atoms with Crippen LogP contribution in [0.25, 0.3) is 0 Å². The highest BCUT2D eigenvalue weighted by Crippen LogP contribution is 2.32. The van der Waals surface area contributed by atoms with Gasteiger partial charge in [0.1, 0.15) is 0 Å². The van der Waals surface area contributed by atoms with Gasteiger partial charge in [-0.25, -0.2) is 0 Å². The molecule has 0 heterocycles. The van der Waals surface area contributed by atoms with Gasteiger partial charge in [0.15, 0.2) is 0 Å². The van der Waals surface area contributed by atoms with Crippen LogP contribution in [0.4, 0.5) is 0 Å². The third-order valence-electron chi connectivity index (χ3n) is 2.63. The van der Waals surface area contributed by atoms with E-state index in [0.717, 1.165) is 6.42 Å². The lowest BCUT2D eigenvalue weighted by molar-refractivity contribution is -0.149. The van der Waals surface area contributed by atoms with Crippen molar-refractivity contribution >= 4 is 5.97 Å². The van der Waals surface area contributed by atoms with E-state index in [1.807, 2.05) is 13.8 Å². The number of allylic oxidation sites excluding steroid dienone is 1. The van der Waals surface area contributed by atoms with Gasteiger partial charge in [-0.3, -0.25) is 4.79 Å². The molecule has 2 heteroatoms. The first kappa shape index (κ1) is 11.2. The third-order valence-corrected chi connectivity index (χ3v) is 2.63. The molecular weight excluding hydrogens is 152 g/mol. The highest BCUT2D eigenvalue weighted by molar-refractivity contribution is 5.74. The van der Waals surface area contributed by atoms with Crippen LogP contribution in [-0.2, 0) is 4.79 Å². The third kappa shape index (κ3) is 2.36. The Bertz CT molecular complexity index is 157. The Hall–Kier alpha value is -0.790. The molecule has 0 bridgehead atoms. The van der Waals surface area contributed by atoms with E-state index in [4.69, 9.17) is 5.11 Å². The van der Waals surface area contributed by atoms with Crippen LogP contribution in [0.15, 0.2) is 12.7 Å². The molecule has 0 amide bonds. The molecule has 12 heavy (non-hydrogen) atoms. The molecule has 0 spiro atoms. The van der Waals surface area contributed by atoms with Crippen LogP contribution in [0.3, 0.4) is 0 Å². The first-order valence-electron chi connectivity index (χ1n) is 4.47. The number of carboxylic acid groups (broad SMARTS) is 1. The Labute approximate surface area is 74.3 Å². The summed E-state index contributed by atoms with van der Waals surface area (Å²) in [5.41, 5.74) is -0.520. The zero-order valence-electron chi connectivity index (χ0n) is 7.97. The second-order valence-electron chi connectivity index (χ2n) is 3.12. The van der Waals surface area contributed by atoms with E-state index in [9.17, 15) is 4.79 Å². The summed E-state index contributed by atoms with van der Waals surface area (Å²) in [6.45, 7) is 7.46. The highest BCUT2D eigenvalue weighted by atomic mass is 16.4. The summed E-state index contributed by atoms with van der Waals surface area (Å²) in [6, 6.07) is 0. The van der Waals surface area contributed by atoms with Crippen LogP contribution in [-0.4, -0.2) is 11.1 Å². The quantitative estimate of drug-likeness (QED) is 0.622. The largest absolute Gasteiger partial charge is 0.481 e. The van der Waals surface area contributed by atoms with Crippen molar-refractivity contribution in [3.63, 3.8) is 0 Å². The van der Waals surface area contributed by atoms with Crippen molar-refractivity contribution in [3.05, 3.63) is 12.7 Å². The van der Waals surface area contributed by atoms with Crippen molar-refractivity contribution in [1.82, 2.24) is 0 Å². The molecule has 0 atom stereocenters. The second-order valence-corrected chi connectivity index (χ2v) is 3.12. The van der Waals surface area contributed by atoms with Crippen LogP contribution >= 0.6 is 0 Å². The molecule has 2 nitrogen and oxygen atoms in total. The zero-order chi connectivity index (χ0) is 9.61. The summed E-state index contributed by atoms with van der Waals surface area (Å²) in [5, 5.41) is 9.02. The lowest BCUT2D eigenvalue weighted by Gasteiger charge is -2.25. The van der Waals surface area contributed by atoms with Gasteiger partial charge in [0.25, 0.3) is 0 Å². The Morgan fingerprint density at radius 3 is 2.25 bits per heavy atom. The summed E-state index contributed by atoms with van der Waals surface area (Å²) in [6.07, 6.45) is 4.68. The molecule has 1 N–H and O–H groups in total. The number of hydrogen-bond acceptors (Lipinski definition) is 1. The van der Waals surface area contributed by atoms with Crippen molar-refractivity contribution in [1.29, 1.82) is 0 Å². The summed E-state index contributed by atoms with van der Waals surface area (Å²) in [5.74, 6) is -0.672. The van der Waals surface area contributed by atoms with Crippen molar-refractivity contribution in [2.45, 2.75) is 39.5 Å². The molecule has 0 fully saturated rings. The molecule has 0 saturated heterocycles. The molecule has 0 aromatic carbocycles. The molecule has 0 aromatic rings. The number of aliphatic carboxylic acids is 1. The van der Waals surface area contributed by atoms with Gasteiger partial charge in [-0.2, -0.15) is 0 Å². The van der Waals surface area contributed by atoms with E-state index in [1.54, 1.807) is 6.08 Å². The van der Waals surface area contributed by atoms with E-state index in [1.165, 1.54) is 0 Å².